The number of anilines is 1. The number of aliphatic carboxylic acids is 1. The largest absolute Gasteiger partial charge is 0.616 e. The Morgan fingerprint density at radius 3 is 2.86 bits per heavy atom. The first-order valence-corrected chi connectivity index (χ1v) is 12.0. The van der Waals surface area contributed by atoms with Crippen LogP contribution < -0.4 is 5.32 Å². The topological polar surface area (TPSA) is 98.2 Å². The fourth-order valence-electron chi connectivity index (χ4n) is 3.55. The molecule has 0 radical (unpaired) electrons. The third-order valence-corrected chi connectivity index (χ3v) is 7.54. The summed E-state index contributed by atoms with van der Waals surface area (Å²) in [5.74, 6) is -0.377. The standard InChI is InChI=1S/C20H20ClN3O3S2/c21-14-7-3-1-5-12(14)9-22-19-18-13-6-2-4-8-15(13)28-20(18)24-16(23-19)10-29(27)11-17(25)26/h1,3,5,7H,2,4,6,8-11H2,(H,25,26)(H,22,23,24). The molecule has 0 saturated heterocycles. The molecule has 2 heterocycles. The average molecular weight is 450 g/mol. The molecule has 0 amide bonds. The zero-order chi connectivity index (χ0) is 20.4. The van der Waals surface area contributed by atoms with Crippen molar-refractivity contribution in [2.24, 2.45) is 0 Å². The molecule has 1 aliphatic carbocycles. The van der Waals surface area contributed by atoms with Gasteiger partial charge in [-0.1, -0.05) is 29.8 Å². The van der Waals surface area contributed by atoms with Crippen LogP contribution in [0.3, 0.4) is 0 Å². The molecule has 9 heteroatoms. The van der Waals surface area contributed by atoms with E-state index >= 15 is 0 Å². The van der Waals surface area contributed by atoms with Crippen molar-refractivity contribution in [1.82, 2.24) is 9.97 Å². The van der Waals surface area contributed by atoms with Crippen LogP contribution in [0.1, 0.15) is 34.7 Å². The van der Waals surface area contributed by atoms with Gasteiger partial charge in [-0.2, -0.15) is 0 Å². The summed E-state index contributed by atoms with van der Waals surface area (Å²) in [5, 5.41) is 14.0. The zero-order valence-corrected chi connectivity index (χ0v) is 18.0. The van der Waals surface area contributed by atoms with E-state index in [9.17, 15) is 9.35 Å². The summed E-state index contributed by atoms with van der Waals surface area (Å²) in [6.07, 6.45) is 4.36. The predicted molar refractivity (Wildman–Crippen MR) is 117 cm³/mol. The lowest BCUT2D eigenvalue weighted by atomic mass is 9.97. The summed E-state index contributed by atoms with van der Waals surface area (Å²) >= 11 is 6.39. The van der Waals surface area contributed by atoms with Crippen molar-refractivity contribution in [2.75, 3.05) is 11.1 Å². The fraction of sp³-hybridized carbons (Fsp3) is 0.350. The Kier molecular flexibility index (Phi) is 6.24. The van der Waals surface area contributed by atoms with Gasteiger partial charge in [0.1, 0.15) is 10.6 Å². The third-order valence-electron chi connectivity index (χ3n) is 4.84. The van der Waals surface area contributed by atoms with Crippen LogP contribution >= 0.6 is 22.9 Å². The molecular formula is C20H20ClN3O3S2. The molecule has 0 spiro atoms. The van der Waals surface area contributed by atoms with Gasteiger partial charge in [0.25, 0.3) is 0 Å². The van der Waals surface area contributed by atoms with Gasteiger partial charge in [0.2, 0.25) is 5.75 Å². The van der Waals surface area contributed by atoms with Gasteiger partial charge in [0.15, 0.2) is 11.6 Å². The first kappa shape index (κ1) is 20.4. The van der Waals surface area contributed by atoms with Crippen LogP contribution in [-0.2, 0) is 41.1 Å². The smallest absolute Gasteiger partial charge is 0.353 e. The summed E-state index contributed by atoms with van der Waals surface area (Å²) in [4.78, 5) is 22.3. The maximum Gasteiger partial charge on any atom is 0.353 e. The van der Waals surface area contributed by atoms with Gasteiger partial charge in [-0.3, -0.25) is 0 Å². The Balaban J connectivity index is 1.69. The summed E-state index contributed by atoms with van der Waals surface area (Å²) < 4.78 is 12.1. The lowest BCUT2D eigenvalue weighted by Gasteiger charge is -2.14. The quantitative estimate of drug-likeness (QED) is 0.525. The van der Waals surface area contributed by atoms with Gasteiger partial charge < -0.3 is 15.0 Å². The van der Waals surface area contributed by atoms with E-state index in [1.165, 1.54) is 16.9 Å². The molecule has 4 rings (SSSR count). The van der Waals surface area contributed by atoms with Crippen LogP contribution in [0.25, 0.3) is 10.2 Å². The van der Waals surface area contributed by atoms with E-state index in [1.54, 1.807) is 11.3 Å². The Labute approximate surface area is 180 Å². The van der Waals surface area contributed by atoms with Crippen LogP contribution in [0, 0.1) is 0 Å². The van der Waals surface area contributed by atoms with Gasteiger partial charge in [0, 0.05) is 16.4 Å². The minimum Gasteiger partial charge on any atom is -0.616 e. The molecule has 3 aromatic rings. The van der Waals surface area contributed by atoms with Crippen LogP contribution in [0.5, 0.6) is 0 Å². The number of carboxylic acids is 1. The number of rotatable bonds is 7. The summed E-state index contributed by atoms with van der Waals surface area (Å²) in [6.45, 7) is 0.508. The van der Waals surface area contributed by atoms with Crippen LogP contribution in [-0.4, -0.2) is 31.3 Å². The number of fused-ring (bicyclic) bond motifs is 3. The Hall–Kier alpha value is -1.87. The van der Waals surface area contributed by atoms with Gasteiger partial charge in [0.05, 0.1) is 5.39 Å². The van der Waals surface area contributed by atoms with Crippen LogP contribution in [0.4, 0.5) is 5.82 Å². The molecule has 1 unspecified atom stereocenters. The number of hydrogen-bond donors (Lipinski definition) is 2. The molecule has 0 saturated carbocycles. The number of halogens is 1. The van der Waals surface area contributed by atoms with Crippen molar-refractivity contribution < 1.29 is 14.5 Å². The zero-order valence-electron chi connectivity index (χ0n) is 15.6. The maximum atomic E-state index is 12.1. The van der Waals surface area contributed by atoms with Crippen molar-refractivity contribution in [1.29, 1.82) is 0 Å². The van der Waals surface area contributed by atoms with Crippen molar-refractivity contribution in [3.8, 4) is 0 Å². The van der Waals surface area contributed by atoms with Gasteiger partial charge in [-0.25, -0.2) is 14.8 Å². The number of aryl methyl sites for hydroxylation is 2. The van der Waals surface area contributed by atoms with Crippen LogP contribution in [0.15, 0.2) is 24.3 Å². The van der Waals surface area contributed by atoms with E-state index in [4.69, 9.17) is 16.7 Å². The molecule has 0 bridgehead atoms. The van der Waals surface area contributed by atoms with E-state index in [0.717, 1.165) is 35.0 Å². The summed E-state index contributed by atoms with van der Waals surface area (Å²) in [5.41, 5.74) is 2.26. The number of carboxylic acid groups (broad SMARTS) is 1. The minimum atomic E-state index is -1.55. The molecule has 1 aliphatic rings. The van der Waals surface area contributed by atoms with E-state index < -0.39 is 22.9 Å². The molecule has 0 fully saturated rings. The number of thiophene rings is 1. The van der Waals surface area contributed by atoms with Gasteiger partial charge in [-0.05, 0) is 54.1 Å². The minimum absolute atomic E-state index is 0.0194. The van der Waals surface area contributed by atoms with Crippen molar-refractivity contribution in [3.63, 3.8) is 0 Å². The van der Waals surface area contributed by atoms with Crippen molar-refractivity contribution >= 4 is 56.1 Å². The number of carbonyl (C=O) groups is 1. The number of benzene rings is 1. The number of nitrogens with zero attached hydrogens (tertiary/aromatic N) is 2. The number of aromatic nitrogens is 2. The highest BCUT2D eigenvalue weighted by molar-refractivity contribution is 7.91. The molecule has 152 valence electrons. The average Bonchev–Trinajstić information content (AvgIpc) is 3.05. The maximum absolute atomic E-state index is 12.1. The van der Waals surface area contributed by atoms with Gasteiger partial charge in [-0.15, -0.1) is 11.3 Å². The molecule has 2 aromatic heterocycles. The molecule has 1 aromatic carbocycles. The predicted octanol–water partition coefficient (Wildman–Crippen LogP) is 4.17. The van der Waals surface area contributed by atoms with E-state index in [-0.39, 0.29) is 5.75 Å². The molecule has 2 N–H and O–H groups in total. The van der Waals surface area contributed by atoms with Crippen molar-refractivity contribution in [3.05, 3.63) is 51.1 Å². The second-order valence-corrected chi connectivity index (χ2v) is 9.89. The Bertz CT molecular complexity index is 1060. The molecule has 29 heavy (non-hydrogen) atoms. The van der Waals surface area contributed by atoms with E-state index in [0.29, 0.717) is 23.2 Å². The number of hydrogen-bond acceptors (Lipinski definition) is 6. The first-order valence-electron chi connectivity index (χ1n) is 9.36. The summed E-state index contributed by atoms with van der Waals surface area (Å²) in [7, 11) is 0. The number of nitrogens with one attached hydrogen (secondary N) is 1. The third kappa shape index (κ3) is 4.66. The second kappa shape index (κ2) is 8.87. The van der Waals surface area contributed by atoms with E-state index in [1.807, 2.05) is 24.3 Å². The van der Waals surface area contributed by atoms with Crippen LogP contribution in [0.2, 0.25) is 5.02 Å². The first-order chi connectivity index (χ1) is 14.0. The monoisotopic (exact) mass is 449 g/mol. The Morgan fingerprint density at radius 1 is 1.28 bits per heavy atom. The van der Waals surface area contributed by atoms with Gasteiger partial charge >= 0.3 is 5.97 Å². The second-order valence-electron chi connectivity index (χ2n) is 6.95. The van der Waals surface area contributed by atoms with E-state index in [2.05, 4.69) is 15.3 Å². The highest BCUT2D eigenvalue weighted by Crippen LogP contribution is 2.39. The van der Waals surface area contributed by atoms with Crippen molar-refractivity contribution in [2.45, 2.75) is 38.0 Å². The molecule has 6 nitrogen and oxygen atoms in total. The molecular weight excluding hydrogens is 430 g/mol. The molecule has 0 aliphatic heterocycles. The highest BCUT2D eigenvalue weighted by atomic mass is 35.5. The summed E-state index contributed by atoms with van der Waals surface area (Å²) in [6, 6.07) is 7.63. The fourth-order valence-corrected chi connectivity index (χ4v) is 5.82. The molecule has 1 atom stereocenters. The lowest BCUT2D eigenvalue weighted by Crippen LogP contribution is -2.18. The highest BCUT2D eigenvalue weighted by Gasteiger charge is 2.23. The lowest BCUT2D eigenvalue weighted by molar-refractivity contribution is -0.134. The normalized spacial score (nSPS) is 14.6. The SMILES string of the molecule is O=C(O)C[S+]([O-])Cc1nc(NCc2ccccc2Cl)c2c3c(sc2n1)CCCC3. The Morgan fingerprint density at radius 2 is 2.07 bits per heavy atom.